The smallest absolute Gasteiger partial charge is 0.462 e. The molecule has 0 radical (unpaired) electrons. The first-order valence-corrected chi connectivity index (χ1v) is 45.3. The Bertz CT molecular complexity index is 2160. The molecule has 0 aliphatic rings. The maximum absolute atomic E-state index is 12.9. The van der Waals surface area contributed by atoms with Gasteiger partial charge in [0.05, 0.1) is 27.7 Å². The fraction of sp³-hybridized carbons (Fsp3) is 0.763. The summed E-state index contributed by atoms with van der Waals surface area (Å²) in [6, 6.07) is 0. The monoisotopic (exact) mass is 1460 g/mol. The van der Waals surface area contributed by atoms with Gasteiger partial charge in [0, 0.05) is 12.8 Å². The van der Waals surface area contributed by atoms with Crippen LogP contribution in [0.4, 0.5) is 0 Å². The lowest BCUT2D eigenvalue weighted by atomic mass is 10.0. The lowest BCUT2D eigenvalue weighted by molar-refractivity contribution is -0.870. The standard InChI is InChI=1S/C93H166NO8P/c1-6-8-10-12-14-16-18-20-22-24-26-28-30-32-34-36-38-40-42-44-46-48-49-51-53-55-57-59-61-63-65-67-69-71-73-75-77-79-81-83-85-92(95)99-89-91(90-101-103(97,98)100-88-87-94(3,4)5)102-93(96)86-84-82-80-78-76-74-72-70-68-66-64-62-60-58-56-54-52-50-47-45-43-41-39-37-35-33-31-29-27-25-23-21-19-17-15-13-11-9-7-2/h9,11,15,17,21,23,27,29,33,35,39,41,45,47,52,54,58,60,64,66,91H,6-8,10,12-14,16,18-20,22,24-26,28,30-32,34,36-38,40,42-44,46,48-51,53,55-57,59,61-63,65,67-90H2,1-5H3/p+1/b11-9-,17-15-,23-21-,29-27-,35-33-,41-39-,47-45-,54-52-,60-58-,66-64-. The van der Waals surface area contributed by atoms with Crippen molar-refractivity contribution in [2.45, 2.75) is 412 Å². The summed E-state index contributed by atoms with van der Waals surface area (Å²) in [4.78, 5) is 36.0. The molecule has 0 aliphatic heterocycles. The Morgan fingerprint density at radius 3 is 0.825 bits per heavy atom. The Morgan fingerprint density at radius 2 is 0.553 bits per heavy atom. The number of hydrogen-bond donors (Lipinski definition) is 1. The molecule has 2 atom stereocenters. The van der Waals surface area contributed by atoms with Crippen LogP contribution in [0.15, 0.2) is 122 Å². The van der Waals surface area contributed by atoms with Gasteiger partial charge in [-0.15, -0.1) is 0 Å². The number of phosphoric ester groups is 1. The molecule has 0 saturated heterocycles. The van der Waals surface area contributed by atoms with Crippen LogP contribution in [-0.4, -0.2) is 74.9 Å². The second-order valence-electron chi connectivity index (χ2n) is 30.6. The minimum Gasteiger partial charge on any atom is -0.462 e. The van der Waals surface area contributed by atoms with Crippen molar-refractivity contribution < 1.29 is 42.1 Å². The fourth-order valence-electron chi connectivity index (χ4n) is 12.6. The number of hydrogen-bond acceptors (Lipinski definition) is 7. The van der Waals surface area contributed by atoms with E-state index in [9.17, 15) is 19.0 Å². The van der Waals surface area contributed by atoms with Gasteiger partial charge >= 0.3 is 19.8 Å². The Balaban J connectivity index is 3.95. The van der Waals surface area contributed by atoms with Crippen LogP contribution >= 0.6 is 7.82 Å². The molecule has 0 amide bonds. The SMILES string of the molecule is CC/C=C\C/C=C\C/C=C\C/C=C\C/C=C\C/C=C\C/C=C\C/C=C\C/C=C\C/C=C\CCCCCCCCCCC(=O)OC(COC(=O)CCCCCCCCCCCCCCCCCCCCCCCCCCCCCCCCCCCCCCCCCC)COP(=O)(O)OCC[N+](C)(C)C. The Kier molecular flexibility index (Phi) is 79.6. The predicted molar refractivity (Wildman–Crippen MR) is 450 cm³/mol. The lowest BCUT2D eigenvalue weighted by Crippen LogP contribution is -2.37. The molecule has 0 bridgehead atoms. The van der Waals surface area contributed by atoms with Gasteiger partial charge < -0.3 is 18.9 Å². The first-order chi connectivity index (χ1) is 50.5. The molecule has 9 nitrogen and oxygen atoms in total. The topological polar surface area (TPSA) is 108 Å². The summed E-state index contributed by atoms with van der Waals surface area (Å²) >= 11 is 0. The van der Waals surface area contributed by atoms with E-state index in [0.29, 0.717) is 17.4 Å². The molecule has 0 rings (SSSR count). The van der Waals surface area contributed by atoms with Crippen LogP contribution in [0.5, 0.6) is 0 Å². The van der Waals surface area contributed by atoms with E-state index in [2.05, 4.69) is 135 Å². The number of likely N-dealkylation sites (N-methyl/N-ethyl adjacent to an activating group) is 1. The highest BCUT2D eigenvalue weighted by Gasteiger charge is 2.27. The second kappa shape index (κ2) is 82.5. The highest BCUT2D eigenvalue weighted by Crippen LogP contribution is 2.43. The molecule has 0 spiro atoms. The highest BCUT2D eigenvalue weighted by molar-refractivity contribution is 7.47. The number of esters is 2. The van der Waals surface area contributed by atoms with E-state index < -0.39 is 26.5 Å². The van der Waals surface area contributed by atoms with Crippen LogP contribution in [0, 0.1) is 0 Å². The van der Waals surface area contributed by atoms with Gasteiger partial charge in [-0.25, -0.2) is 4.57 Å². The number of unbranched alkanes of at least 4 members (excludes halogenated alkanes) is 47. The predicted octanol–water partition coefficient (Wildman–Crippen LogP) is 29.7. The molecule has 0 aromatic carbocycles. The van der Waals surface area contributed by atoms with Crippen LogP contribution in [0.2, 0.25) is 0 Å². The molecular weight excluding hydrogens is 1290 g/mol. The molecule has 0 aromatic rings. The Morgan fingerprint density at radius 1 is 0.311 bits per heavy atom. The summed E-state index contributed by atoms with van der Waals surface area (Å²) in [6.45, 7) is 4.36. The van der Waals surface area contributed by atoms with Gasteiger partial charge in [-0.05, 0) is 89.9 Å². The van der Waals surface area contributed by atoms with Crippen molar-refractivity contribution in [1.82, 2.24) is 0 Å². The van der Waals surface area contributed by atoms with Crippen molar-refractivity contribution in [3.05, 3.63) is 122 Å². The molecule has 1 N–H and O–H groups in total. The number of carbonyl (C=O) groups excluding carboxylic acids is 2. The molecule has 596 valence electrons. The van der Waals surface area contributed by atoms with Crippen molar-refractivity contribution in [3.8, 4) is 0 Å². The van der Waals surface area contributed by atoms with Gasteiger partial charge in [0.25, 0.3) is 0 Å². The number of nitrogens with zero attached hydrogens (tertiary/aromatic N) is 1. The quantitative estimate of drug-likeness (QED) is 0.0211. The zero-order chi connectivity index (χ0) is 74.7. The number of phosphoric acid groups is 1. The second-order valence-corrected chi connectivity index (χ2v) is 32.0. The maximum Gasteiger partial charge on any atom is 0.472 e. The number of carbonyl (C=O) groups is 2. The van der Waals surface area contributed by atoms with Gasteiger partial charge in [-0.2, -0.15) is 0 Å². The van der Waals surface area contributed by atoms with E-state index in [1.165, 1.54) is 263 Å². The minimum absolute atomic E-state index is 0.0265. The van der Waals surface area contributed by atoms with Crippen LogP contribution in [0.25, 0.3) is 0 Å². The first kappa shape index (κ1) is 99.4. The normalized spacial score (nSPS) is 13.6. The summed E-state index contributed by atoms with van der Waals surface area (Å²) in [5.74, 6) is -0.797. The first-order valence-electron chi connectivity index (χ1n) is 43.8. The zero-order valence-corrected chi connectivity index (χ0v) is 69.2. The van der Waals surface area contributed by atoms with Crippen molar-refractivity contribution in [2.24, 2.45) is 0 Å². The van der Waals surface area contributed by atoms with Gasteiger partial charge in [0.2, 0.25) is 0 Å². The molecule has 2 unspecified atom stereocenters. The Hall–Kier alpha value is -3.59. The molecule has 0 aromatic heterocycles. The molecular formula is C93H167NO8P+. The minimum atomic E-state index is -4.41. The molecule has 0 aliphatic carbocycles. The summed E-state index contributed by atoms with van der Waals surface area (Å²) in [5, 5.41) is 0. The summed E-state index contributed by atoms with van der Waals surface area (Å²) in [5.41, 5.74) is 0. The van der Waals surface area contributed by atoms with E-state index in [1.807, 2.05) is 21.1 Å². The van der Waals surface area contributed by atoms with Crippen molar-refractivity contribution in [1.29, 1.82) is 0 Å². The number of allylic oxidation sites excluding steroid dienone is 20. The average Bonchev–Trinajstić information content (AvgIpc) is 1.01. The maximum atomic E-state index is 12.9. The van der Waals surface area contributed by atoms with Gasteiger partial charge in [-0.1, -0.05) is 424 Å². The van der Waals surface area contributed by atoms with Crippen LogP contribution in [0.3, 0.4) is 0 Å². The molecule has 0 saturated carbocycles. The fourth-order valence-corrected chi connectivity index (χ4v) is 13.4. The van der Waals surface area contributed by atoms with Gasteiger partial charge in [0.15, 0.2) is 6.10 Å². The lowest BCUT2D eigenvalue weighted by Gasteiger charge is -2.24. The zero-order valence-electron chi connectivity index (χ0n) is 68.3. The van der Waals surface area contributed by atoms with Crippen molar-refractivity contribution >= 4 is 19.8 Å². The molecule has 103 heavy (non-hydrogen) atoms. The summed E-state index contributed by atoms with van der Waals surface area (Å²) in [7, 11) is 1.47. The number of rotatable bonds is 81. The number of quaternary nitrogens is 1. The third kappa shape index (κ3) is 87.2. The van der Waals surface area contributed by atoms with Crippen LogP contribution in [-0.2, 0) is 32.7 Å². The Labute approximate surface area is 639 Å². The van der Waals surface area contributed by atoms with E-state index in [4.69, 9.17) is 18.5 Å². The van der Waals surface area contributed by atoms with Gasteiger partial charge in [-0.3, -0.25) is 18.6 Å². The van der Waals surface area contributed by atoms with Crippen LogP contribution < -0.4 is 0 Å². The summed E-state index contributed by atoms with van der Waals surface area (Å²) < 4.78 is 34.9. The van der Waals surface area contributed by atoms with Crippen LogP contribution in [0.1, 0.15) is 406 Å². The molecule has 0 fully saturated rings. The average molecular weight is 1460 g/mol. The van der Waals surface area contributed by atoms with E-state index in [0.717, 1.165) is 109 Å². The third-order valence-corrected chi connectivity index (χ3v) is 20.2. The van der Waals surface area contributed by atoms with Crippen molar-refractivity contribution in [2.75, 3.05) is 47.5 Å². The molecule has 0 heterocycles. The third-order valence-electron chi connectivity index (χ3n) is 19.3. The summed E-state index contributed by atoms with van der Waals surface area (Å²) in [6.07, 6.45) is 120. The van der Waals surface area contributed by atoms with E-state index in [-0.39, 0.29) is 32.0 Å². The highest BCUT2D eigenvalue weighted by atomic mass is 31.2. The van der Waals surface area contributed by atoms with Gasteiger partial charge in [0.1, 0.15) is 19.8 Å². The number of ether oxygens (including phenoxy) is 2. The molecule has 10 heteroatoms. The van der Waals surface area contributed by atoms with E-state index >= 15 is 0 Å². The van der Waals surface area contributed by atoms with E-state index in [1.54, 1.807) is 0 Å². The van der Waals surface area contributed by atoms with Crippen molar-refractivity contribution in [3.63, 3.8) is 0 Å². The largest absolute Gasteiger partial charge is 0.472 e.